The predicted molar refractivity (Wildman–Crippen MR) is 91.8 cm³/mol. The first-order chi connectivity index (χ1) is 13.1. The zero-order valence-corrected chi connectivity index (χ0v) is 15.1. The molecule has 3 atom stereocenters. The van der Waals surface area contributed by atoms with Crippen LogP contribution in [0.3, 0.4) is 0 Å². The van der Waals surface area contributed by atoms with Crippen LogP contribution in [0.25, 0.3) is 0 Å². The number of Topliss-reactive ketones (excluding diaryl/α,β-unsaturated/α-hetero) is 1. The van der Waals surface area contributed by atoms with Gasteiger partial charge in [-0.15, -0.1) is 11.3 Å². The number of methoxy groups -OCH3 is 1. The highest BCUT2D eigenvalue weighted by atomic mass is 32.1. The Kier molecular flexibility index (Phi) is 4.98. The third-order valence-electron chi connectivity index (χ3n) is 4.40. The zero-order valence-electron chi connectivity index (χ0n) is 14.3. The van der Waals surface area contributed by atoms with Gasteiger partial charge in [-0.05, 0) is 29.1 Å². The number of ketones is 1. The van der Waals surface area contributed by atoms with E-state index in [1.54, 1.807) is 0 Å². The summed E-state index contributed by atoms with van der Waals surface area (Å²) in [6.45, 7) is 0. The highest BCUT2D eigenvalue weighted by molar-refractivity contribution is 7.10. The summed E-state index contributed by atoms with van der Waals surface area (Å²) in [6.07, 6.45) is -5.26. The minimum atomic E-state index is -5.26. The minimum Gasteiger partial charge on any atom is -0.504 e. The zero-order chi connectivity index (χ0) is 20.7. The van der Waals surface area contributed by atoms with Gasteiger partial charge in [-0.2, -0.15) is 13.2 Å². The number of thiophene rings is 1. The first kappa shape index (κ1) is 20.0. The molecular formula is C17H15F3N2O5S. The maximum absolute atomic E-state index is 13.4. The molecule has 0 bridgehead atoms. The van der Waals surface area contributed by atoms with Crippen molar-refractivity contribution >= 4 is 23.2 Å². The topological polar surface area (TPSA) is 108 Å². The highest BCUT2D eigenvalue weighted by Gasteiger charge is 2.59. The smallest absolute Gasteiger partial charge is 0.450 e. The van der Waals surface area contributed by atoms with Gasteiger partial charge in [0.15, 0.2) is 17.2 Å². The van der Waals surface area contributed by atoms with Crippen molar-refractivity contribution in [3.8, 4) is 11.5 Å². The van der Waals surface area contributed by atoms with E-state index >= 15 is 0 Å². The van der Waals surface area contributed by atoms with Crippen LogP contribution >= 0.6 is 11.3 Å². The Morgan fingerprint density at radius 3 is 2.61 bits per heavy atom. The summed E-state index contributed by atoms with van der Waals surface area (Å²) in [5, 5.41) is 26.6. The maximum atomic E-state index is 13.4. The maximum Gasteiger partial charge on any atom is 0.450 e. The number of nitrogens with one attached hydrogen (secondary N) is 2. The second kappa shape index (κ2) is 6.99. The molecule has 1 fully saturated rings. The molecule has 150 valence electrons. The van der Waals surface area contributed by atoms with Gasteiger partial charge in [0, 0.05) is 0 Å². The van der Waals surface area contributed by atoms with Gasteiger partial charge in [-0.25, -0.2) is 4.79 Å². The number of hydrogen-bond acceptors (Lipinski definition) is 6. The third-order valence-corrected chi connectivity index (χ3v) is 5.39. The van der Waals surface area contributed by atoms with Crippen LogP contribution in [0.5, 0.6) is 11.5 Å². The van der Waals surface area contributed by atoms with Crippen LogP contribution in [-0.4, -0.2) is 35.3 Å². The molecule has 3 rings (SSSR count). The summed E-state index contributed by atoms with van der Waals surface area (Å²) < 4.78 is 45.0. The van der Waals surface area contributed by atoms with Crippen molar-refractivity contribution in [1.29, 1.82) is 0 Å². The molecule has 1 aliphatic rings. The van der Waals surface area contributed by atoms with E-state index in [0.717, 1.165) is 17.4 Å². The molecule has 0 radical (unpaired) electrons. The molecule has 11 heteroatoms. The average molecular weight is 416 g/mol. The average Bonchev–Trinajstić information content (AvgIpc) is 3.15. The molecule has 0 aliphatic carbocycles. The fraction of sp³-hybridized carbons (Fsp3) is 0.294. The first-order valence-electron chi connectivity index (χ1n) is 7.91. The van der Waals surface area contributed by atoms with Crippen LogP contribution in [0, 0.1) is 5.92 Å². The number of carbonyl (C=O) groups excluding carboxylic acids is 2. The molecule has 1 aromatic carbocycles. The number of phenolic OH excluding ortho intramolecular Hbond substituents is 1. The molecular weight excluding hydrogens is 401 g/mol. The predicted octanol–water partition coefficient (Wildman–Crippen LogP) is 2.41. The van der Waals surface area contributed by atoms with Gasteiger partial charge < -0.3 is 25.6 Å². The number of aromatic hydroxyl groups is 1. The van der Waals surface area contributed by atoms with E-state index in [9.17, 15) is 33.0 Å². The summed E-state index contributed by atoms with van der Waals surface area (Å²) in [7, 11) is 1.24. The van der Waals surface area contributed by atoms with Gasteiger partial charge in [0.25, 0.3) is 0 Å². The number of hydrogen-bond donors (Lipinski definition) is 4. The lowest BCUT2D eigenvalue weighted by molar-refractivity contribution is -0.190. The highest BCUT2D eigenvalue weighted by Crippen LogP contribution is 2.45. The van der Waals surface area contributed by atoms with E-state index in [1.165, 1.54) is 36.8 Å². The molecule has 2 aromatic rings. The van der Waals surface area contributed by atoms with Crippen LogP contribution in [0.4, 0.5) is 18.0 Å². The first-order valence-corrected chi connectivity index (χ1v) is 8.79. The van der Waals surface area contributed by atoms with E-state index in [0.29, 0.717) is 0 Å². The van der Waals surface area contributed by atoms with Gasteiger partial charge in [0.05, 0.1) is 18.0 Å². The van der Waals surface area contributed by atoms with Crippen LogP contribution in [0.1, 0.15) is 16.5 Å². The van der Waals surface area contributed by atoms with Crippen molar-refractivity contribution in [3.05, 3.63) is 46.2 Å². The molecule has 4 N–H and O–H groups in total. The molecule has 1 aromatic heterocycles. The molecule has 0 saturated carbocycles. The van der Waals surface area contributed by atoms with Gasteiger partial charge in [-0.3, -0.25) is 4.79 Å². The monoisotopic (exact) mass is 416 g/mol. The molecule has 7 nitrogen and oxygen atoms in total. The van der Waals surface area contributed by atoms with E-state index in [1.807, 2.05) is 0 Å². The Balaban J connectivity index is 2.18. The van der Waals surface area contributed by atoms with Crippen molar-refractivity contribution in [2.75, 3.05) is 7.11 Å². The fourth-order valence-corrected chi connectivity index (χ4v) is 3.96. The molecule has 1 saturated heterocycles. The van der Waals surface area contributed by atoms with Crippen molar-refractivity contribution < 1.29 is 37.7 Å². The summed E-state index contributed by atoms with van der Waals surface area (Å²) >= 11 is 0.893. The molecule has 2 heterocycles. The Morgan fingerprint density at radius 2 is 2.04 bits per heavy atom. The summed E-state index contributed by atoms with van der Waals surface area (Å²) in [4.78, 5) is 24.4. The molecule has 2 amide bonds. The van der Waals surface area contributed by atoms with Gasteiger partial charge >= 0.3 is 12.2 Å². The summed E-state index contributed by atoms with van der Waals surface area (Å²) in [5.41, 5.74) is -2.54. The quantitative estimate of drug-likeness (QED) is 0.612. The Labute approximate surface area is 160 Å². The molecule has 28 heavy (non-hydrogen) atoms. The third kappa shape index (κ3) is 3.38. The SMILES string of the molecule is COc1cc(C2NC(=O)NC(O)(c3cccs3)C2C(=O)C(F)(F)F)ccc1O. The van der Waals surface area contributed by atoms with E-state index in [-0.39, 0.29) is 21.9 Å². The number of rotatable bonds is 4. The van der Waals surface area contributed by atoms with Gasteiger partial charge in [-0.1, -0.05) is 12.1 Å². The number of alkyl halides is 3. The standard InChI is InChI=1S/C17H15F3N2O5S/c1-27-10-7-8(4-5-9(10)23)13-12(14(24)17(18,19)20)16(26,22-15(25)21-13)11-3-2-6-28-11/h2-7,12-13,23,26H,1H3,(H2,21,22,25). The van der Waals surface area contributed by atoms with Crippen molar-refractivity contribution in [1.82, 2.24) is 10.6 Å². The van der Waals surface area contributed by atoms with Crippen LogP contribution < -0.4 is 15.4 Å². The van der Waals surface area contributed by atoms with Crippen LogP contribution in [0.2, 0.25) is 0 Å². The number of amides is 2. The lowest BCUT2D eigenvalue weighted by atomic mass is 9.78. The van der Waals surface area contributed by atoms with E-state index in [2.05, 4.69) is 10.6 Å². The summed E-state index contributed by atoms with van der Waals surface area (Å²) in [6, 6.07) is 3.88. The Bertz CT molecular complexity index is 903. The van der Waals surface area contributed by atoms with E-state index in [4.69, 9.17) is 4.74 Å². The van der Waals surface area contributed by atoms with E-state index < -0.39 is 35.7 Å². The number of benzene rings is 1. The molecule has 1 aliphatic heterocycles. The summed E-state index contributed by atoms with van der Waals surface area (Å²) in [5.74, 6) is -4.69. The number of phenols is 1. The minimum absolute atomic E-state index is 0.0271. The molecule has 0 spiro atoms. The van der Waals surface area contributed by atoms with Crippen LogP contribution in [-0.2, 0) is 10.5 Å². The van der Waals surface area contributed by atoms with Gasteiger partial charge in [0.2, 0.25) is 5.78 Å². The fourth-order valence-electron chi connectivity index (χ4n) is 3.14. The van der Waals surface area contributed by atoms with Crippen molar-refractivity contribution in [2.24, 2.45) is 5.92 Å². The number of aliphatic hydroxyl groups is 1. The largest absolute Gasteiger partial charge is 0.504 e. The Morgan fingerprint density at radius 1 is 1.32 bits per heavy atom. The number of ether oxygens (including phenoxy) is 1. The molecule has 3 unspecified atom stereocenters. The number of carbonyl (C=O) groups is 2. The van der Waals surface area contributed by atoms with Crippen molar-refractivity contribution in [3.63, 3.8) is 0 Å². The second-order valence-electron chi connectivity index (χ2n) is 6.09. The second-order valence-corrected chi connectivity index (χ2v) is 7.04. The number of halogens is 3. The number of urea groups is 1. The Hall–Kier alpha value is -2.79. The van der Waals surface area contributed by atoms with Crippen LogP contribution in [0.15, 0.2) is 35.7 Å². The van der Waals surface area contributed by atoms with Crippen molar-refractivity contribution in [2.45, 2.75) is 17.9 Å². The lowest BCUT2D eigenvalue weighted by Crippen LogP contribution is -2.66. The normalized spacial score (nSPS) is 25.0. The van der Waals surface area contributed by atoms with Gasteiger partial charge in [0.1, 0.15) is 5.92 Å². The lowest BCUT2D eigenvalue weighted by Gasteiger charge is -2.44.